The first-order valence-corrected chi connectivity index (χ1v) is 11.6. The summed E-state index contributed by atoms with van der Waals surface area (Å²) in [5.74, 6) is 0.0565. The average molecular weight is 469 g/mol. The van der Waals surface area contributed by atoms with Crippen LogP contribution in [0, 0.1) is 20.8 Å². The minimum Gasteiger partial charge on any atom is -0.463 e. The summed E-state index contributed by atoms with van der Waals surface area (Å²) in [6.45, 7) is 8.33. The Morgan fingerprint density at radius 2 is 1.86 bits per heavy atom. The number of nitrogens with zero attached hydrogens (tertiary/aromatic N) is 3. The Morgan fingerprint density at radius 3 is 2.60 bits per heavy atom. The summed E-state index contributed by atoms with van der Waals surface area (Å²) in [4.78, 5) is 29.4. The van der Waals surface area contributed by atoms with Crippen molar-refractivity contribution in [2.45, 2.75) is 46.3 Å². The van der Waals surface area contributed by atoms with Gasteiger partial charge in [0.05, 0.1) is 12.8 Å². The number of carbonyl (C=O) groups is 2. The molecule has 2 aromatic carbocycles. The molecule has 1 aliphatic rings. The lowest BCUT2D eigenvalue weighted by molar-refractivity contribution is -0.126. The Labute approximate surface area is 204 Å². The number of furan rings is 1. The molecule has 5 rings (SSSR count). The van der Waals surface area contributed by atoms with Crippen LogP contribution in [0.4, 0.5) is 5.69 Å². The van der Waals surface area contributed by atoms with Crippen LogP contribution < -0.4 is 10.2 Å². The number of rotatable bonds is 5. The maximum absolute atomic E-state index is 14.0. The molecular formula is C28H28N4O3. The van der Waals surface area contributed by atoms with Crippen LogP contribution >= 0.6 is 0 Å². The van der Waals surface area contributed by atoms with Gasteiger partial charge in [0.1, 0.15) is 16.9 Å². The molecule has 0 bridgehead atoms. The third kappa shape index (κ3) is 4.03. The highest BCUT2D eigenvalue weighted by atomic mass is 16.3. The molecule has 0 aliphatic carbocycles. The Kier molecular flexibility index (Phi) is 5.55. The molecule has 0 radical (unpaired) electrons. The third-order valence-corrected chi connectivity index (χ3v) is 6.56. The molecule has 0 saturated heterocycles. The van der Waals surface area contributed by atoms with Crippen molar-refractivity contribution in [1.82, 2.24) is 15.1 Å². The van der Waals surface area contributed by atoms with E-state index >= 15 is 0 Å². The highest BCUT2D eigenvalue weighted by Crippen LogP contribution is 2.36. The fraction of sp³-hybridized carbons (Fsp3) is 0.250. The molecule has 178 valence electrons. The zero-order chi connectivity index (χ0) is 24.7. The molecule has 3 heterocycles. The molecule has 1 N–H and O–H groups in total. The van der Waals surface area contributed by atoms with Crippen molar-refractivity contribution >= 4 is 17.5 Å². The molecule has 0 fully saturated rings. The highest BCUT2D eigenvalue weighted by Gasteiger charge is 2.49. The number of anilines is 1. The zero-order valence-electron chi connectivity index (χ0n) is 20.3. The summed E-state index contributed by atoms with van der Waals surface area (Å²) in [7, 11) is 0. The topological polar surface area (TPSA) is 80.4 Å². The normalized spacial score (nSPS) is 17.4. The minimum atomic E-state index is -1.20. The second-order valence-corrected chi connectivity index (χ2v) is 9.43. The number of benzene rings is 2. The smallest absolute Gasteiger partial charge is 0.277 e. The van der Waals surface area contributed by atoms with Crippen molar-refractivity contribution in [2.75, 3.05) is 4.90 Å². The average Bonchev–Trinajstić information content (AvgIpc) is 3.50. The molecular weight excluding hydrogens is 440 g/mol. The number of fused-ring (bicyclic) bond motifs is 1. The van der Waals surface area contributed by atoms with Crippen LogP contribution in [0.1, 0.15) is 39.7 Å². The number of amides is 2. The summed E-state index contributed by atoms with van der Waals surface area (Å²) in [6.07, 6.45) is 1.57. The van der Waals surface area contributed by atoms with E-state index in [1.807, 2.05) is 63.2 Å². The lowest BCUT2D eigenvalue weighted by Gasteiger charge is -2.43. The summed E-state index contributed by atoms with van der Waals surface area (Å²) < 4.78 is 7.11. The van der Waals surface area contributed by atoms with E-state index in [-0.39, 0.29) is 18.4 Å². The quantitative estimate of drug-likeness (QED) is 0.456. The van der Waals surface area contributed by atoms with Crippen molar-refractivity contribution in [3.8, 4) is 11.5 Å². The van der Waals surface area contributed by atoms with Gasteiger partial charge < -0.3 is 9.73 Å². The van der Waals surface area contributed by atoms with Gasteiger partial charge in [0.25, 0.3) is 5.91 Å². The SMILES string of the molecule is Cc1cccc(CNC(=O)[C@]2(C)Cn3nc(-c4ccco4)cc3C(=O)N2c2cc(C)ccc2C)c1. The van der Waals surface area contributed by atoms with Gasteiger partial charge in [0, 0.05) is 18.3 Å². The van der Waals surface area contributed by atoms with Crippen molar-refractivity contribution in [3.63, 3.8) is 0 Å². The summed E-state index contributed by atoms with van der Waals surface area (Å²) in [6, 6.07) is 19.2. The van der Waals surface area contributed by atoms with Gasteiger partial charge in [-0.3, -0.25) is 19.2 Å². The number of hydrogen-bond acceptors (Lipinski definition) is 4. The predicted molar refractivity (Wildman–Crippen MR) is 134 cm³/mol. The molecule has 0 unspecified atom stereocenters. The second kappa shape index (κ2) is 8.58. The lowest BCUT2D eigenvalue weighted by atomic mass is 9.92. The molecule has 0 saturated carbocycles. The standard InChI is InChI=1S/C28H28N4O3/c1-18-7-5-8-21(13-18)16-29-27(34)28(4)17-31-24(15-22(30-31)25-9-6-12-35-25)26(33)32(28)23-14-19(2)10-11-20(23)3/h5-15H,16-17H2,1-4H3,(H,29,34)/t28-/m0/s1. The fourth-order valence-electron chi connectivity index (χ4n) is 4.66. The Bertz CT molecular complexity index is 1420. The summed E-state index contributed by atoms with van der Waals surface area (Å²) >= 11 is 0. The van der Waals surface area contributed by atoms with Gasteiger partial charge in [0.15, 0.2) is 5.76 Å². The van der Waals surface area contributed by atoms with Crippen LogP contribution in [-0.4, -0.2) is 27.1 Å². The lowest BCUT2D eigenvalue weighted by Crippen LogP contribution is -2.64. The van der Waals surface area contributed by atoms with E-state index in [2.05, 4.69) is 10.4 Å². The summed E-state index contributed by atoms with van der Waals surface area (Å²) in [5.41, 5.74) is 4.55. The minimum absolute atomic E-state index is 0.210. The molecule has 1 atom stereocenters. The van der Waals surface area contributed by atoms with E-state index in [0.29, 0.717) is 23.7 Å². The molecule has 35 heavy (non-hydrogen) atoms. The molecule has 2 amide bonds. The van der Waals surface area contributed by atoms with E-state index in [0.717, 1.165) is 27.9 Å². The van der Waals surface area contributed by atoms with E-state index in [9.17, 15) is 9.59 Å². The third-order valence-electron chi connectivity index (χ3n) is 6.56. The molecule has 7 heteroatoms. The number of aromatic nitrogens is 2. The van der Waals surface area contributed by atoms with Crippen LogP contribution in [0.3, 0.4) is 0 Å². The van der Waals surface area contributed by atoms with Gasteiger partial charge in [-0.05, 0) is 62.6 Å². The monoisotopic (exact) mass is 468 g/mol. The molecule has 1 aliphatic heterocycles. The number of hydrogen-bond donors (Lipinski definition) is 1. The van der Waals surface area contributed by atoms with E-state index in [4.69, 9.17) is 4.42 Å². The molecule has 0 spiro atoms. The van der Waals surface area contributed by atoms with E-state index < -0.39 is 5.54 Å². The summed E-state index contributed by atoms with van der Waals surface area (Å²) in [5, 5.41) is 7.68. The molecule has 4 aromatic rings. The number of nitrogens with one attached hydrogen (secondary N) is 1. The van der Waals surface area contributed by atoms with E-state index in [1.54, 1.807) is 41.0 Å². The van der Waals surface area contributed by atoms with Gasteiger partial charge in [0.2, 0.25) is 5.91 Å². The molecule has 7 nitrogen and oxygen atoms in total. The fourth-order valence-corrected chi connectivity index (χ4v) is 4.66. The predicted octanol–water partition coefficient (Wildman–Crippen LogP) is 4.80. The van der Waals surface area contributed by atoms with Crippen LogP contribution in [0.2, 0.25) is 0 Å². The molecule has 2 aromatic heterocycles. The van der Waals surface area contributed by atoms with Crippen LogP contribution in [-0.2, 0) is 17.9 Å². The maximum atomic E-state index is 14.0. The van der Waals surface area contributed by atoms with Crippen LogP contribution in [0.15, 0.2) is 71.3 Å². The van der Waals surface area contributed by atoms with Gasteiger partial charge in [-0.1, -0.05) is 42.0 Å². The largest absolute Gasteiger partial charge is 0.463 e. The maximum Gasteiger partial charge on any atom is 0.277 e. The van der Waals surface area contributed by atoms with Gasteiger partial charge in [-0.25, -0.2) is 0 Å². The van der Waals surface area contributed by atoms with Crippen molar-refractivity contribution in [1.29, 1.82) is 0 Å². The van der Waals surface area contributed by atoms with Crippen molar-refractivity contribution in [3.05, 3.63) is 94.9 Å². The van der Waals surface area contributed by atoms with Crippen LogP contribution in [0.5, 0.6) is 0 Å². The van der Waals surface area contributed by atoms with Gasteiger partial charge in [-0.2, -0.15) is 5.10 Å². The first-order chi connectivity index (χ1) is 16.8. The second-order valence-electron chi connectivity index (χ2n) is 9.43. The van der Waals surface area contributed by atoms with Gasteiger partial charge >= 0.3 is 0 Å². The van der Waals surface area contributed by atoms with Crippen molar-refractivity contribution < 1.29 is 14.0 Å². The first-order valence-electron chi connectivity index (χ1n) is 11.6. The van der Waals surface area contributed by atoms with Crippen LogP contribution in [0.25, 0.3) is 11.5 Å². The first kappa shape index (κ1) is 22.7. The zero-order valence-corrected chi connectivity index (χ0v) is 20.3. The highest BCUT2D eigenvalue weighted by molar-refractivity contribution is 6.12. The number of aryl methyl sites for hydroxylation is 3. The number of carbonyl (C=O) groups excluding carboxylic acids is 2. The Balaban J connectivity index is 1.57. The Hall–Kier alpha value is -4.13. The van der Waals surface area contributed by atoms with E-state index in [1.165, 1.54) is 0 Å². The Morgan fingerprint density at radius 1 is 1.06 bits per heavy atom. The van der Waals surface area contributed by atoms with Crippen molar-refractivity contribution in [2.24, 2.45) is 0 Å². The van der Waals surface area contributed by atoms with Gasteiger partial charge in [-0.15, -0.1) is 0 Å².